The van der Waals surface area contributed by atoms with Gasteiger partial charge in [-0.05, 0) is 47.0 Å². The Kier molecular flexibility index (Phi) is 7.64. The highest BCUT2D eigenvalue weighted by Gasteiger charge is 2.40. The number of piperidine rings is 2. The van der Waals surface area contributed by atoms with Gasteiger partial charge >= 0.3 is 6.03 Å². The molecule has 0 aromatic heterocycles. The van der Waals surface area contributed by atoms with Crippen LogP contribution in [0.4, 0.5) is 4.79 Å². The number of rotatable bonds is 5. The van der Waals surface area contributed by atoms with Gasteiger partial charge in [-0.1, -0.05) is 0 Å². The van der Waals surface area contributed by atoms with Gasteiger partial charge in [-0.25, -0.2) is 4.79 Å². The van der Waals surface area contributed by atoms with Crippen LogP contribution in [0.15, 0.2) is 0 Å². The summed E-state index contributed by atoms with van der Waals surface area (Å²) < 4.78 is 5.69. The Hall–Kier alpha value is -1.71. The number of carbonyl (C=O) groups is 3. The van der Waals surface area contributed by atoms with Crippen LogP contribution < -0.4 is 5.32 Å². The molecule has 2 saturated heterocycles. The molecule has 3 atom stereocenters. The predicted molar refractivity (Wildman–Crippen MR) is 108 cm³/mol. The molecule has 0 bridgehead atoms. The molecule has 166 valence electrons. The van der Waals surface area contributed by atoms with E-state index in [0.717, 1.165) is 12.8 Å². The molecular formula is C20H36N4O5. The maximum atomic E-state index is 12.9. The summed E-state index contributed by atoms with van der Waals surface area (Å²) in [6.07, 6.45) is 0.890. The van der Waals surface area contributed by atoms with Gasteiger partial charge in [0.15, 0.2) is 6.29 Å². The Morgan fingerprint density at radius 3 is 2.28 bits per heavy atom. The summed E-state index contributed by atoms with van der Waals surface area (Å²) in [5.41, 5.74) is -0.412. The summed E-state index contributed by atoms with van der Waals surface area (Å²) in [6.45, 7) is 9.02. The fourth-order valence-corrected chi connectivity index (χ4v) is 3.94. The van der Waals surface area contributed by atoms with E-state index in [1.165, 1.54) is 4.90 Å². The lowest BCUT2D eigenvalue weighted by Crippen LogP contribution is -2.63. The number of hydrogen-bond acceptors (Lipinski definition) is 6. The number of carbonyl (C=O) groups excluding carboxylic acids is 3. The minimum absolute atomic E-state index is 0.0336. The molecule has 9 nitrogen and oxygen atoms in total. The van der Waals surface area contributed by atoms with Crippen molar-refractivity contribution in [3.05, 3.63) is 0 Å². The Morgan fingerprint density at radius 2 is 1.79 bits per heavy atom. The minimum atomic E-state index is -0.817. The molecule has 0 aromatic rings. The van der Waals surface area contributed by atoms with Gasteiger partial charge in [-0.3, -0.25) is 24.7 Å². The summed E-state index contributed by atoms with van der Waals surface area (Å²) in [7, 11) is 3.31. The number of ether oxygens (including phenoxy) is 1. The second-order valence-electron chi connectivity index (χ2n) is 9.18. The second kappa shape index (κ2) is 9.40. The van der Waals surface area contributed by atoms with Crippen molar-refractivity contribution in [2.45, 2.75) is 77.5 Å². The summed E-state index contributed by atoms with van der Waals surface area (Å²) in [5.74, 6) is -0.691. The Balaban J connectivity index is 2.06. The third kappa shape index (κ3) is 6.13. The maximum absolute atomic E-state index is 12.9. The highest BCUT2D eigenvalue weighted by Crippen LogP contribution is 2.27. The average molecular weight is 413 g/mol. The standard InChI is InChI=1S/C20H36N4O5/c1-13(23-11-9-14(10-12-23)18(27)29-20(2,3)4)24(19(28)22(5)6)15-7-8-16(25)21-17(15)26/h13-15,18,27H,7-12H2,1-6H3,(H,21,25,26). The van der Waals surface area contributed by atoms with Crippen LogP contribution in [0.1, 0.15) is 53.4 Å². The summed E-state index contributed by atoms with van der Waals surface area (Å²) in [5, 5.41) is 12.7. The zero-order valence-electron chi connectivity index (χ0n) is 18.5. The number of amides is 4. The molecule has 2 aliphatic heterocycles. The predicted octanol–water partition coefficient (Wildman–Crippen LogP) is 0.967. The quantitative estimate of drug-likeness (QED) is 0.515. The zero-order chi connectivity index (χ0) is 21.9. The number of hydrogen-bond donors (Lipinski definition) is 2. The molecule has 0 aliphatic carbocycles. The van der Waals surface area contributed by atoms with Crippen LogP contribution in [-0.4, -0.2) is 88.9 Å². The molecule has 2 heterocycles. The van der Waals surface area contributed by atoms with Crippen molar-refractivity contribution in [1.82, 2.24) is 20.0 Å². The molecule has 2 fully saturated rings. The zero-order valence-corrected chi connectivity index (χ0v) is 18.5. The van der Waals surface area contributed by atoms with Gasteiger partial charge in [0.25, 0.3) is 0 Å². The lowest BCUT2D eigenvalue weighted by Gasteiger charge is -2.45. The Morgan fingerprint density at radius 1 is 1.21 bits per heavy atom. The van der Waals surface area contributed by atoms with E-state index in [1.807, 2.05) is 27.7 Å². The third-order valence-corrected chi connectivity index (χ3v) is 5.53. The van der Waals surface area contributed by atoms with Crippen molar-refractivity contribution in [3.8, 4) is 0 Å². The van der Waals surface area contributed by atoms with Gasteiger partial charge in [0.2, 0.25) is 11.8 Å². The lowest BCUT2D eigenvalue weighted by atomic mass is 9.95. The number of nitrogens with zero attached hydrogens (tertiary/aromatic N) is 3. The fraction of sp³-hybridized carbons (Fsp3) is 0.850. The Bertz CT molecular complexity index is 610. The van der Waals surface area contributed by atoms with E-state index < -0.39 is 23.8 Å². The van der Waals surface area contributed by atoms with E-state index in [1.54, 1.807) is 19.0 Å². The third-order valence-electron chi connectivity index (χ3n) is 5.53. The highest BCUT2D eigenvalue weighted by molar-refractivity contribution is 6.01. The molecule has 29 heavy (non-hydrogen) atoms. The minimum Gasteiger partial charge on any atom is -0.368 e. The number of urea groups is 1. The first kappa shape index (κ1) is 23.6. The van der Waals surface area contributed by atoms with Crippen molar-refractivity contribution < 1.29 is 24.2 Å². The molecule has 9 heteroatoms. The van der Waals surface area contributed by atoms with Crippen LogP contribution in [0.25, 0.3) is 0 Å². The van der Waals surface area contributed by atoms with Crippen LogP contribution in [0.3, 0.4) is 0 Å². The normalized spacial score (nSPS) is 24.0. The van der Waals surface area contributed by atoms with Gasteiger partial charge in [-0.15, -0.1) is 0 Å². The largest absolute Gasteiger partial charge is 0.368 e. The Labute approximate surface area is 173 Å². The molecule has 2 rings (SSSR count). The molecule has 0 radical (unpaired) electrons. The van der Waals surface area contributed by atoms with Crippen LogP contribution in [-0.2, 0) is 14.3 Å². The van der Waals surface area contributed by atoms with Gasteiger partial charge in [0.05, 0.1) is 11.8 Å². The summed E-state index contributed by atoms with van der Waals surface area (Å²) in [6, 6.07) is -0.935. The van der Waals surface area contributed by atoms with Crippen molar-refractivity contribution in [2.75, 3.05) is 27.2 Å². The van der Waals surface area contributed by atoms with E-state index in [4.69, 9.17) is 4.74 Å². The van der Waals surface area contributed by atoms with Gasteiger partial charge in [0.1, 0.15) is 6.04 Å². The van der Waals surface area contributed by atoms with E-state index in [0.29, 0.717) is 19.5 Å². The number of nitrogens with one attached hydrogen (secondary N) is 1. The van der Waals surface area contributed by atoms with Crippen LogP contribution in [0.2, 0.25) is 0 Å². The van der Waals surface area contributed by atoms with Gasteiger partial charge in [-0.2, -0.15) is 0 Å². The fourth-order valence-electron chi connectivity index (χ4n) is 3.94. The van der Waals surface area contributed by atoms with Crippen LogP contribution >= 0.6 is 0 Å². The molecular weight excluding hydrogens is 376 g/mol. The summed E-state index contributed by atoms with van der Waals surface area (Å²) in [4.78, 5) is 42.0. The van der Waals surface area contributed by atoms with Gasteiger partial charge < -0.3 is 14.7 Å². The van der Waals surface area contributed by atoms with Crippen molar-refractivity contribution in [3.63, 3.8) is 0 Å². The van der Waals surface area contributed by atoms with E-state index in [-0.39, 0.29) is 30.4 Å². The van der Waals surface area contributed by atoms with E-state index >= 15 is 0 Å². The lowest BCUT2D eigenvalue weighted by molar-refractivity contribution is -0.199. The topological polar surface area (TPSA) is 102 Å². The monoisotopic (exact) mass is 412 g/mol. The molecule has 0 saturated carbocycles. The highest BCUT2D eigenvalue weighted by atomic mass is 16.6. The molecule has 4 amide bonds. The van der Waals surface area contributed by atoms with Crippen molar-refractivity contribution in [2.24, 2.45) is 5.92 Å². The van der Waals surface area contributed by atoms with Crippen molar-refractivity contribution >= 4 is 17.8 Å². The molecule has 0 spiro atoms. The molecule has 0 aromatic carbocycles. The van der Waals surface area contributed by atoms with Crippen LogP contribution in [0.5, 0.6) is 0 Å². The van der Waals surface area contributed by atoms with E-state index in [9.17, 15) is 19.5 Å². The van der Waals surface area contributed by atoms with Crippen molar-refractivity contribution in [1.29, 1.82) is 0 Å². The SMILES string of the molecule is CC(N1CCC(C(O)OC(C)(C)C)CC1)N(C(=O)N(C)C)C1CCC(=O)NC1=O. The number of aliphatic hydroxyl groups excluding tert-OH is 1. The first-order valence-electron chi connectivity index (χ1n) is 10.3. The molecule has 2 aliphatic rings. The number of imide groups is 1. The maximum Gasteiger partial charge on any atom is 0.321 e. The van der Waals surface area contributed by atoms with E-state index in [2.05, 4.69) is 10.2 Å². The first-order chi connectivity index (χ1) is 13.4. The number of likely N-dealkylation sites (tertiary alicyclic amines) is 1. The molecule has 2 N–H and O–H groups in total. The summed E-state index contributed by atoms with van der Waals surface area (Å²) >= 11 is 0. The second-order valence-corrected chi connectivity index (χ2v) is 9.18. The first-order valence-corrected chi connectivity index (χ1v) is 10.3. The average Bonchev–Trinajstić information content (AvgIpc) is 2.62. The van der Waals surface area contributed by atoms with Gasteiger partial charge in [0, 0.05) is 39.5 Å². The smallest absolute Gasteiger partial charge is 0.321 e. The number of aliphatic hydroxyl groups is 1. The van der Waals surface area contributed by atoms with Crippen LogP contribution in [0, 0.1) is 5.92 Å². The molecule has 3 unspecified atom stereocenters.